The van der Waals surface area contributed by atoms with Crippen molar-refractivity contribution >= 4 is 11.6 Å². The Morgan fingerprint density at radius 3 is 2.68 bits per heavy atom. The number of carbonyl (C=O) groups excluding carboxylic acids is 1. The average Bonchev–Trinajstić information content (AvgIpc) is 2.47. The van der Waals surface area contributed by atoms with Crippen LogP contribution in [0.5, 0.6) is 5.75 Å². The standard InChI is InChI=1S/C15H16N2O2/c1-2-11-19-14-6-4-3-5-13(14)17-15(18)12-7-9-16-10-8-12/h3-10H,2,11H2,1H3,(H,17,18). The van der Waals surface area contributed by atoms with E-state index in [1.54, 1.807) is 24.5 Å². The molecule has 1 amide bonds. The van der Waals surface area contributed by atoms with Crippen molar-refractivity contribution in [1.29, 1.82) is 0 Å². The number of ether oxygens (including phenoxy) is 1. The van der Waals surface area contributed by atoms with E-state index in [2.05, 4.69) is 10.3 Å². The van der Waals surface area contributed by atoms with Gasteiger partial charge < -0.3 is 10.1 Å². The maximum absolute atomic E-state index is 12.0. The molecule has 4 heteroatoms. The number of benzene rings is 1. The molecule has 0 aliphatic carbocycles. The normalized spacial score (nSPS) is 9.95. The average molecular weight is 256 g/mol. The second-order valence-electron chi connectivity index (χ2n) is 4.03. The van der Waals surface area contributed by atoms with E-state index in [1.807, 2.05) is 31.2 Å². The Hall–Kier alpha value is -2.36. The number of para-hydroxylation sites is 2. The number of carbonyl (C=O) groups is 1. The van der Waals surface area contributed by atoms with Gasteiger partial charge in [0.15, 0.2) is 0 Å². The van der Waals surface area contributed by atoms with Gasteiger partial charge in [-0.05, 0) is 30.7 Å². The zero-order valence-corrected chi connectivity index (χ0v) is 10.8. The number of amides is 1. The fourth-order valence-corrected chi connectivity index (χ4v) is 1.61. The molecule has 0 aliphatic heterocycles. The molecule has 19 heavy (non-hydrogen) atoms. The Bertz CT molecular complexity index is 541. The minimum Gasteiger partial charge on any atom is -0.491 e. The number of hydrogen-bond acceptors (Lipinski definition) is 3. The monoisotopic (exact) mass is 256 g/mol. The summed E-state index contributed by atoms with van der Waals surface area (Å²) in [5.74, 6) is 0.515. The molecule has 0 atom stereocenters. The highest BCUT2D eigenvalue weighted by Gasteiger charge is 2.09. The lowest BCUT2D eigenvalue weighted by molar-refractivity contribution is 0.102. The molecule has 0 bridgehead atoms. The number of anilines is 1. The molecule has 98 valence electrons. The summed E-state index contributed by atoms with van der Waals surface area (Å²) in [6.07, 6.45) is 4.11. The Balaban J connectivity index is 2.12. The first kappa shape index (κ1) is 13.1. The van der Waals surface area contributed by atoms with Gasteiger partial charge in [0.05, 0.1) is 12.3 Å². The minimum absolute atomic E-state index is 0.171. The van der Waals surface area contributed by atoms with Crippen LogP contribution in [0.1, 0.15) is 23.7 Å². The van der Waals surface area contributed by atoms with Crippen molar-refractivity contribution in [3.8, 4) is 5.75 Å². The van der Waals surface area contributed by atoms with Crippen LogP contribution in [0, 0.1) is 0 Å². The Morgan fingerprint density at radius 2 is 1.95 bits per heavy atom. The quantitative estimate of drug-likeness (QED) is 0.894. The van der Waals surface area contributed by atoms with Gasteiger partial charge in [-0.1, -0.05) is 19.1 Å². The van der Waals surface area contributed by atoms with Gasteiger partial charge in [-0.25, -0.2) is 0 Å². The molecule has 1 aromatic carbocycles. The third-order valence-corrected chi connectivity index (χ3v) is 2.54. The molecule has 1 heterocycles. The van der Waals surface area contributed by atoms with Crippen molar-refractivity contribution in [1.82, 2.24) is 4.98 Å². The van der Waals surface area contributed by atoms with Crippen LogP contribution >= 0.6 is 0 Å². The molecule has 0 radical (unpaired) electrons. The summed E-state index contributed by atoms with van der Waals surface area (Å²) >= 11 is 0. The highest BCUT2D eigenvalue weighted by Crippen LogP contribution is 2.24. The van der Waals surface area contributed by atoms with E-state index >= 15 is 0 Å². The predicted molar refractivity (Wildman–Crippen MR) is 74.4 cm³/mol. The highest BCUT2D eigenvalue weighted by atomic mass is 16.5. The summed E-state index contributed by atoms with van der Waals surface area (Å²) in [7, 11) is 0. The second-order valence-corrected chi connectivity index (χ2v) is 4.03. The fourth-order valence-electron chi connectivity index (χ4n) is 1.61. The zero-order valence-electron chi connectivity index (χ0n) is 10.8. The zero-order chi connectivity index (χ0) is 13.5. The van der Waals surface area contributed by atoms with Gasteiger partial charge in [0.2, 0.25) is 0 Å². The van der Waals surface area contributed by atoms with E-state index in [1.165, 1.54) is 0 Å². The van der Waals surface area contributed by atoms with Gasteiger partial charge in [-0.2, -0.15) is 0 Å². The predicted octanol–water partition coefficient (Wildman–Crippen LogP) is 3.12. The van der Waals surface area contributed by atoms with Crippen LogP contribution in [0.25, 0.3) is 0 Å². The van der Waals surface area contributed by atoms with Crippen LogP contribution in [-0.4, -0.2) is 17.5 Å². The molecule has 0 spiro atoms. The second kappa shape index (κ2) is 6.54. The lowest BCUT2D eigenvalue weighted by atomic mass is 10.2. The summed E-state index contributed by atoms with van der Waals surface area (Å²) in [6.45, 7) is 2.67. The minimum atomic E-state index is -0.171. The molecule has 1 N–H and O–H groups in total. The summed E-state index contributed by atoms with van der Waals surface area (Å²) in [4.78, 5) is 15.9. The van der Waals surface area contributed by atoms with E-state index in [0.717, 1.165) is 6.42 Å². The van der Waals surface area contributed by atoms with E-state index in [9.17, 15) is 4.79 Å². The van der Waals surface area contributed by atoms with Gasteiger partial charge in [0, 0.05) is 18.0 Å². The first-order valence-corrected chi connectivity index (χ1v) is 6.24. The molecule has 0 fully saturated rings. The Morgan fingerprint density at radius 1 is 1.21 bits per heavy atom. The summed E-state index contributed by atoms with van der Waals surface area (Å²) < 4.78 is 5.60. The Kier molecular flexibility index (Phi) is 4.50. The van der Waals surface area contributed by atoms with Crippen LogP contribution in [0.4, 0.5) is 5.69 Å². The summed E-state index contributed by atoms with van der Waals surface area (Å²) in [5, 5.41) is 2.84. The summed E-state index contributed by atoms with van der Waals surface area (Å²) in [6, 6.07) is 10.8. The van der Waals surface area contributed by atoms with Crippen LogP contribution in [0.2, 0.25) is 0 Å². The molecule has 4 nitrogen and oxygen atoms in total. The maximum Gasteiger partial charge on any atom is 0.255 e. The lowest BCUT2D eigenvalue weighted by Gasteiger charge is -2.11. The van der Waals surface area contributed by atoms with Gasteiger partial charge >= 0.3 is 0 Å². The first-order chi connectivity index (χ1) is 9.31. The molecule has 0 saturated carbocycles. The number of rotatable bonds is 5. The number of pyridine rings is 1. The summed E-state index contributed by atoms with van der Waals surface area (Å²) in [5.41, 5.74) is 1.25. The van der Waals surface area contributed by atoms with Crippen molar-refractivity contribution < 1.29 is 9.53 Å². The van der Waals surface area contributed by atoms with Crippen LogP contribution in [-0.2, 0) is 0 Å². The van der Waals surface area contributed by atoms with Crippen LogP contribution in [0.3, 0.4) is 0 Å². The smallest absolute Gasteiger partial charge is 0.255 e. The molecule has 0 aliphatic rings. The highest BCUT2D eigenvalue weighted by molar-refractivity contribution is 6.04. The number of nitrogens with one attached hydrogen (secondary N) is 1. The third-order valence-electron chi connectivity index (χ3n) is 2.54. The van der Waals surface area contributed by atoms with Gasteiger partial charge in [0.25, 0.3) is 5.91 Å². The molecule has 0 unspecified atom stereocenters. The molecule has 1 aromatic heterocycles. The molecule has 2 rings (SSSR count). The molecular formula is C15H16N2O2. The third kappa shape index (κ3) is 3.55. The first-order valence-electron chi connectivity index (χ1n) is 6.24. The van der Waals surface area contributed by atoms with Crippen molar-refractivity contribution in [3.63, 3.8) is 0 Å². The number of hydrogen-bond donors (Lipinski definition) is 1. The van der Waals surface area contributed by atoms with Crippen molar-refractivity contribution in [2.45, 2.75) is 13.3 Å². The SMILES string of the molecule is CCCOc1ccccc1NC(=O)c1ccncc1. The molecule has 0 saturated heterocycles. The topological polar surface area (TPSA) is 51.2 Å². The largest absolute Gasteiger partial charge is 0.491 e. The van der Waals surface area contributed by atoms with E-state index < -0.39 is 0 Å². The van der Waals surface area contributed by atoms with Crippen molar-refractivity contribution in [2.24, 2.45) is 0 Å². The lowest BCUT2D eigenvalue weighted by Crippen LogP contribution is -2.13. The van der Waals surface area contributed by atoms with Crippen molar-refractivity contribution in [2.75, 3.05) is 11.9 Å². The van der Waals surface area contributed by atoms with Gasteiger partial charge in [0.1, 0.15) is 5.75 Å². The van der Waals surface area contributed by atoms with E-state index in [-0.39, 0.29) is 5.91 Å². The molecular weight excluding hydrogens is 240 g/mol. The van der Waals surface area contributed by atoms with Crippen LogP contribution < -0.4 is 10.1 Å². The Labute approximate surface area is 112 Å². The number of aromatic nitrogens is 1. The number of nitrogens with zero attached hydrogens (tertiary/aromatic N) is 1. The van der Waals surface area contributed by atoms with Gasteiger partial charge in [-0.3, -0.25) is 9.78 Å². The molecule has 2 aromatic rings. The fraction of sp³-hybridized carbons (Fsp3) is 0.200. The van der Waals surface area contributed by atoms with Crippen LogP contribution in [0.15, 0.2) is 48.8 Å². The van der Waals surface area contributed by atoms with Crippen molar-refractivity contribution in [3.05, 3.63) is 54.4 Å². The maximum atomic E-state index is 12.0. The van der Waals surface area contributed by atoms with E-state index in [4.69, 9.17) is 4.74 Å². The van der Waals surface area contributed by atoms with E-state index in [0.29, 0.717) is 23.6 Å². The van der Waals surface area contributed by atoms with Gasteiger partial charge in [-0.15, -0.1) is 0 Å².